The third-order valence-corrected chi connectivity index (χ3v) is 3.38. The summed E-state index contributed by atoms with van der Waals surface area (Å²) in [5, 5.41) is 11.4. The van der Waals surface area contributed by atoms with Crippen LogP contribution in [0.1, 0.15) is 21.5 Å². The molecule has 0 heterocycles. The van der Waals surface area contributed by atoms with Crippen LogP contribution in [0.15, 0.2) is 61.2 Å². The summed E-state index contributed by atoms with van der Waals surface area (Å²) in [6, 6.07) is 16.2. The first kappa shape index (κ1) is 17.8. The highest BCUT2D eigenvalue weighted by Crippen LogP contribution is 2.18. The van der Waals surface area contributed by atoms with Gasteiger partial charge in [0.25, 0.3) is 5.91 Å². The summed E-state index contributed by atoms with van der Waals surface area (Å²) in [5.41, 5.74) is 2.08. The lowest BCUT2D eigenvalue weighted by Crippen LogP contribution is -2.23. The van der Waals surface area contributed by atoms with Crippen LogP contribution in [-0.4, -0.2) is 19.1 Å². The van der Waals surface area contributed by atoms with Gasteiger partial charge in [-0.15, -0.1) is 6.58 Å². The van der Waals surface area contributed by atoms with E-state index in [1.165, 1.54) is 0 Å². The van der Waals surface area contributed by atoms with E-state index in [0.29, 0.717) is 11.1 Å². The summed E-state index contributed by atoms with van der Waals surface area (Å²) in [5.74, 6) is 6.29. The lowest BCUT2D eigenvalue weighted by Gasteiger charge is -2.07. The zero-order valence-electron chi connectivity index (χ0n) is 13.8. The predicted octanol–water partition coefficient (Wildman–Crippen LogP) is 3.10. The third-order valence-electron chi connectivity index (χ3n) is 3.38. The summed E-state index contributed by atoms with van der Waals surface area (Å²) < 4.78 is 5.64. The molecule has 0 atom stereocenters. The van der Waals surface area contributed by atoms with Gasteiger partial charge in [-0.25, -0.2) is 0 Å². The highest BCUT2D eigenvalue weighted by atomic mass is 16.5. The highest BCUT2D eigenvalue weighted by Gasteiger charge is 2.03. The lowest BCUT2D eigenvalue weighted by atomic mass is 10.1. The monoisotopic (exact) mass is 330 g/mol. The minimum atomic E-state index is -0.226. The van der Waals surface area contributed by atoms with Crippen molar-refractivity contribution >= 4 is 5.91 Å². The smallest absolute Gasteiger partial charge is 0.252 e. The van der Waals surface area contributed by atoms with Crippen LogP contribution in [0.25, 0.3) is 0 Å². The Bertz CT molecular complexity index is 837. The topological polar surface area (TPSA) is 62.1 Å². The molecule has 2 rings (SSSR count). The number of amides is 1. The fourth-order valence-electron chi connectivity index (χ4n) is 2.12. The molecule has 4 nitrogen and oxygen atoms in total. The minimum Gasteiger partial charge on any atom is -0.481 e. The largest absolute Gasteiger partial charge is 0.481 e. The van der Waals surface area contributed by atoms with Crippen molar-refractivity contribution < 1.29 is 9.53 Å². The first-order valence-electron chi connectivity index (χ1n) is 7.80. The van der Waals surface area contributed by atoms with Gasteiger partial charge in [0.15, 0.2) is 0 Å². The van der Waals surface area contributed by atoms with Crippen molar-refractivity contribution in [3.63, 3.8) is 0 Å². The number of nitrogens with one attached hydrogen (secondary N) is 1. The second kappa shape index (κ2) is 9.60. The van der Waals surface area contributed by atoms with Gasteiger partial charge in [0.2, 0.25) is 0 Å². The molecule has 0 saturated carbocycles. The summed E-state index contributed by atoms with van der Waals surface area (Å²) in [4.78, 5) is 11.9. The number of hydrogen-bond acceptors (Lipinski definition) is 3. The molecule has 1 amide bonds. The van der Waals surface area contributed by atoms with Crippen molar-refractivity contribution in [1.82, 2.24) is 5.32 Å². The van der Waals surface area contributed by atoms with Crippen LogP contribution < -0.4 is 10.1 Å². The molecule has 0 radical (unpaired) electrons. The van der Waals surface area contributed by atoms with Gasteiger partial charge >= 0.3 is 0 Å². The Labute approximate surface area is 147 Å². The average molecular weight is 330 g/mol. The Kier molecular flexibility index (Phi) is 6.85. The predicted molar refractivity (Wildman–Crippen MR) is 97.1 cm³/mol. The molecule has 2 aromatic carbocycles. The van der Waals surface area contributed by atoms with Crippen LogP contribution in [0.4, 0.5) is 0 Å². The Morgan fingerprint density at radius 3 is 2.64 bits per heavy atom. The SMILES string of the molecule is C=CCc1ccccc1OCC#CCNC(=O)c1ccc(C#N)cc1. The van der Waals surface area contributed by atoms with Crippen LogP contribution >= 0.6 is 0 Å². The average Bonchev–Trinajstić information content (AvgIpc) is 2.66. The molecule has 0 aliphatic heterocycles. The standard InChI is InChI=1S/C21H18N2O2/c1-2-7-18-8-3-4-9-20(18)25-15-6-5-14-23-21(24)19-12-10-17(16-22)11-13-19/h2-4,8-13H,1,7,14-15H2,(H,23,24). The van der Waals surface area contributed by atoms with E-state index in [4.69, 9.17) is 10.00 Å². The number of nitriles is 1. The third kappa shape index (κ3) is 5.57. The Morgan fingerprint density at radius 2 is 1.92 bits per heavy atom. The van der Waals surface area contributed by atoms with Crippen LogP contribution in [0.3, 0.4) is 0 Å². The zero-order valence-corrected chi connectivity index (χ0v) is 13.8. The van der Waals surface area contributed by atoms with Gasteiger partial charge in [0, 0.05) is 5.56 Å². The lowest BCUT2D eigenvalue weighted by molar-refractivity contribution is 0.0958. The van der Waals surface area contributed by atoms with Gasteiger partial charge in [-0.3, -0.25) is 4.79 Å². The first-order valence-corrected chi connectivity index (χ1v) is 7.80. The fourth-order valence-corrected chi connectivity index (χ4v) is 2.12. The molecule has 25 heavy (non-hydrogen) atoms. The summed E-state index contributed by atoms with van der Waals surface area (Å²) in [7, 11) is 0. The van der Waals surface area contributed by atoms with Crippen molar-refractivity contribution in [3.8, 4) is 23.7 Å². The maximum atomic E-state index is 11.9. The molecule has 2 aromatic rings. The van der Waals surface area contributed by atoms with Crippen LogP contribution in [-0.2, 0) is 6.42 Å². The van der Waals surface area contributed by atoms with Gasteiger partial charge < -0.3 is 10.1 Å². The molecular weight excluding hydrogens is 312 g/mol. The molecule has 0 spiro atoms. The maximum absolute atomic E-state index is 11.9. The van der Waals surface area contributed by atoms with E-state index in [-0.39, 0.29) is 19.1 Å². The van der Waals surface area contributed by atoms with Gasteiger partial charge in [-0.05, 0) is 42.3 Å². The molecule has 0 aromatic heterocycles. The molecule has 0 saturated heterocycles. The summed E-state index contributed by atoms with van der Waals surface area (Å²) >= 11 is 0. The minimum absolute atomic E-state index is 0.226. The maximum Gasteiger partial charge on any atom is 0.252 e. The van der Waals surface area contributed by atoms with Crippen LogP contribution in [0.5, 0.6) is 5.75 Å². The molecule has 124 valence electrons. The van der Waals surface area contributed by atoms with E-state index >= 15 is 0 Å². The number of rotatable bonds is 6. The van der Waals surface area contributed by atoms with Gasteiger partial charge in [0.1, 0.15) is 12.4 Å². The second-order valence-corrected chi connectivity index (χ2v) is 5.11. The van der Waals surface area contributed by atoms with Crippen molar-refractivity contribution in [2.24, 2.45) is 0 Å². The molecule has 0 aliphatic rings. The van der Waals surface area contributed by atoms with E-state index in [2.05, 4.69) is 23.7 Å². The molecule has 0 bridgehead atoms. The van der Waals surface area contributed by atoms with Crippen molar-refractivity contribution in [3.05, 3.63) is 77.9 Å². The number of hydrogen-bond donors (Lipinski definition) is 1. The summed E-state index contributed by atoms with van der Waals surface area (Å²) in [6.45, 7) is 4.21. The molecular formula is C21H18N2O2. The van der Waals surface area contributed by atoms with E-state index in [1.807, 2.05) is 36.4 Å². The van der Waals surface area contributed by atoms with Crippen LogP contribution in [0.2, 0.25) is 0 Å². The quantitative estimate of drug-likeness (QED) is 0.654. The number of allylic oxidation sites excluding steroid dienone is 1. The Hall–Kier alpha value is -3.50. The highest BCUT2D eigenvalue weighted by molar-refractivity contribution is 5.94. The number of carbonyl (C=O) groups excluding carboxylic acids is 1. The number of ether oxygens (including phenoxy) is 1. The van der Waals surface area contributed by atoms with Crippen molar-refractivity contribution in [2.75, 3.05) is 13.2 Å². The van der Waals surface area contributed by atoms with Gasteiger partial charge in [-0.1, -0.05) is 36.1 Å². The molecule has 0 unspecified atom stereocenters. The van der Waals surface area contributed by atoms with Gasteiger partial charge in [-0.2, -0.15) is 5.26 Å². The number of carbonyl (C=O) groups is 1. The normalized spacial score (nSPS) is 9.24. The van der Waals surface area contributed by atoms with E-state index in [0.717, 1.165) is 17.7 Å². The van der Waals surface area contributed by atoms with Gasteiger partial charge in [0.05, 0.1) is 18.2 Å². The fraction of sp³-hybridized carbons (Fsp3) is 0.143. The van der Waals surface area contributed by atoms with Crippen LogP contribution in [0, 0.1) is 23.2 Å². The van der Waals surface area contributed by atoms with E-state index in [1.54, 1.807) is 24.3 Å². The summed E-state index contributed by atoms with van der Waals surface area (Å²) in [6.07, 6.45) is 2.57. The first-order chi connectivity index (χ1) is 12.2. The van der Waals surface area contributed by atoms with Crippen molar-refractivity contribution in [2.45, 2.75) is 6.42 Å². The van der Waals surface area contributed by atoms with Crippen molar-refractivity contribution in [1.29, 1.82) is 5.26 Å². The van der Waals surface area contributed by atoms with E-state index in [9.17, 15) is 4.79 Å². The number of nitrogens with zero attached hydrogens (tertiary/aromatic N) is 1. The number of para-hydroxylation sites is 1. The Balaban J connectivity index is 1.78. The van der Waals surface area contributed by atoms with E-state index < -0.39 is 0 Å². The second-order valence-electron chi connectivity index (χ2n) is 5.11. The molecule has 1 N–H and O–H groups in total. The Morgan fingerprint density at radius 1 is 1.16 bits per heavy atom. The molecule has 4 heteroatoms. The molecule has 0 aliphatic carbocycles. The number of benzene rings is 2. The zero-order chi connectivity index (χ0) is 17.9. The molecule has 0 fully saturated rings.